The van der Waals surface area contributed by atoms with E-state index in [1.54, 1.807) is 0 Å². The third kappa shape index (κ3) is 3.77. The highest BCUT2D eigenvalue weighted by Gasteiger charge is 2.34. The minimum Gasteiger partial charge on any atom is -0.385 e. The number of carbonyl (C=O) groups excluding carboxylic acids is 1. The number of benzene rings is 2. The molecule has 0 radical (unpaired) electrons. The highest BCUT2D eigenvalue weighted by molar-refractivity contribution is 5.96. The minimum absolute atomic E-state index is 0.210. The molecule has 0 unspecified atom stereocenters. The van der Waals surface area contributed by atoms with Gasteiger partial charge in [-0.3, -0.25) is 4.79 Å². The molecule has 1 aliphatic heterocycles. The highest BCUT2D eigenvalue weighted by Crippen LogP contribution is 2.36. The van der Waals surface area contributed by atoms with Gasteiger partial charge in [0.2, 0.25) is 0 Å². The number of anilines is 1. The first-order valence-electron chi connectivity index (χ1n) is 9.20. The molecule has 1 heterocycles. The van der Waals surface area contributed by atoms with Gasteiger partial charge in [0, 0.05) is 30.8 Å². The van der Waals surface area contributed by atoms with Gasteiger partial charge in [-0.1, -0.05) is 31.2 Å². The monoisotopic (exact) mass is 337 g/mol. The average Bonchev–Trinajstić information content (AvgIpc) is 2.63. The number of nitrogens with zero attached hydrogens (tertiary/aromatic N) is 1. The van der Waals surface area contributed by atoms with Crippen molar-refractivity contribution in [1.29, 1.82) is 0 Å². The SMILES string of the molecule is CCCC(=O)c1ccc(N2CCC(O)(c3ccccc3C)CC2)cc1. The Kier molecular flexibility index (Phi) is 5.24. The molecule has 1 saturated heterocycles. The van der Waals surface area contributed by atoms with Gasteiger partial charge in [0.15, 0.2) is 5.78 Å². The van der Waals surface area contributed by atoms with E-state index >= 15 is 0 Å². The van der Waals surface area contributed by atoms with Crippen LogP contribution in [0.3, 0.4) is 0 Å². The second-order valence-electron chi connectivity index (χ2n) is 7.05. The van der Waals surface area contributed by atoms with Crippen LogP contribution in [0.2, 0.25) is 0 Å². The van der Waals surface area contributed by atoms with Crippen molar-refractivity contribution in [2.75, 3.05) is 18.0 Å². The first kappa shape index (κ1) is 17.7. The Labute approximate surface area is 150 Å². The van der Waals surface area contributed by atoms with E-state index in [1.807, 2.05) is 49.4 Å². The molecule has 0 saturated carbocycles. The van der Waals surface area contributed by atoms with Crippen LogP contribution in [0.25, 0.3) is 0 Å². The summed E-state index contributed by atoms with van der Waals surface area (Å²) >= 11 is 0. The van der Waals surface area contributed by atoms with Crippen molar-refractivity contribution < 1.29 is 9.90 Å². The van der Waals surface area contributed by atoms with Crippen molar-refractivity contribution in [3.63, 3.8) is 0 Å². The summed E-state index contributed by atoms with van der Waals surface area (Å²) in [7, 11) is 0. The number of ketones is 1. The molecule has 1 fully saturated rings. The summed E-state index contributed by atoms with van der Waals surface area (Å²) in [5.41, 5.74) is 3.38. The van der Waals surface area contributed by atoms with Crippen LogP contribution in [0.1, 0.15) is 54.1 Å². The molecule has 0 amide bonds. The fourth-order valence-corrected chi connectivity index (χ4v) is 3.73. The zero-order valence-electron chi connectivity index (χ0n) is 15.2. The lowest BCUT2D eigenvalue weighted by Crippen LogP contribution is -2.43. The molecule has 1 N–H and O–H groups in total. The molecule has 3 heteroatoms. The van der Waals surface area contributed by atoms with Crippen molar-refractivity contribution in [3.05, 3.63) is 65.2 Å². The molecule has 1 aliphatic rings. The third-order valence-corrected chi connectivity index (χ3v) is 5.27. The van der Waals surface area contributed by atoms with Crippen LogP contribution in [0.15, 0.2) is 48.5 Å². The molecular weight excluding hydrogens is 310 g/mol. The molecule has 25 heavy (non-hydrogen) atoms. The number of rotatable bonds is 5. The molecular formula is C22H27NO2. The van der Waals surface area contributed by atoms with Gasteiger partial charge in [0.05, 0.1) is 5.60 Å². The predicted octanol–water partition coefficient (Wildman–Crippen LogP) is 4.47. The van der Waals surface area contributed by atoms with Crippen LogP contribution < -0.4 is 4.90 Å². The Morgan fingerprint density at radius 3 is 2.32 bits per heavy atom. The molecule has 2 aromatic carbocycles. The first-order valence-corrected chi connectivity index (χ1v) is 9.20. The maximum absolute atomic E-state index is 12.0. The van der Waals surface area contributed by atoms with E-state index in [0.29, 0.717) is 19.3 Å². The molecule has 0 bridgehead atoms. The molecule has 3 rings (SSSR count). The van der Waals surface area contributed by atoms with Crippen molar-refractivity contribution in [3.8, 4) is 0 Å². The van der Waals surface area contributed by atoms with Crippen LogP contribution in [-0.4, -0.2) is 24.0 Å². The van der Waals surface area contributed by atoms with E-state index in [-0.39, 0.29) is 5.78 Å². The van der Waals surface area contributed by atoms with E-state index in [2.05, 4.69) is 17.9 Å². The predicted molar refractivity (Wildman–Crippen MR) is 102 cm³/mol. The van der Waals surface area contributed by atoms with Gasteiger partial charge in [-0.2, -0.15) is 0 Å². The van der Waals surface area contributed by atoms with Gasteiger partial charge in [0.1, 0.15) is 0 Å². The number of Topliss-reactive ketones (excluding diaryl/α,β-unsaturated/α-hetero) is 1. The van der Waals surface area contributed by atoms with E-state index in [0.717, 1.165) is 41.9 Å². The van der Waals surface area contributed by atoms with Gasteiger partial charge in [0.25, 0.3) is 0 Å². The second kappa shape index (κ2) is 7.40. The molecule has 132 valence electrons. The Hall–Kier alpha value is -2.13. The lowest BCUT2D eigenvalue weighted by molar-refractivity contribution is 0.0112. The number of aliphatic hydroxyl groups is 1. The van der Waals surface area contributed by atoms with E-state index < -0.39 is 5.60 Å². The van der Waals surface area contributed by atoms with Gasteiger partial charge in [-0.15, -0.1) is 0 Å². The van der Waals surface area contributed by atoms with E-state index in [4.69, 9.17) is 0 Å². The first-order chi connectivity index (χ1) is 12.0. The Morgan fingerprint density at radius 1 is 1.08 bits per heavy atom. The summed E-state index contributed by atoms with van der Waals surface area (Å²) < 4.78 is 0. The molecule has 3 nitrogen and oxygen atoms in total. The molecule has 0 atom stereocenters. The fourth-order valence-electron chi connectivity index (χ4n) is 3.73. The quantitative estimate of drug-likeness (QED) is 0.819. The summed E-state index contributed by atoms with van der Waals surface area (Å²) in [5, 5.41) is 11.1. The molecule has 0 aromatic heterocycles. The van der Waals surface area contributed by atoms with Crippen LogP contribution >= 0.6 is 0 Å². The lowest BCUT2D eigenvalue weighted by Gasteiger charge is -2.40. The van der Waals surface area contributed by atoms with Gasteiger partial charge in [-0.25, -0.2) is 0 Å². The summed E-state index contributed by atoms with van der Waals surface area (Å²) in [6.07, 6.45) is 2.92. The summed E-state index contributed by atoms with van der Waals surface area (Å²) in [4.78, 5) is 14.3. The summed E-state index contributed by atoms with van der Waals surface area (Å²) in [5.74, 6) is 0.210. The fraction of sp³-hybridized carbons (Fsp3) is 0.409. The summed E-state index contributed by atoms with van der Waals surface area (Å²) in [6.45, 7) is 5.71. The topological polar surface area (TPSA) is 40.5 Å². The summed E-state index contributed by atoms with van der Waals surface area (Å²) in [6, 6.07) is 16.0. The number of hydrogen-bond donors (Lipinski definition) is 1. The van der Waals surface area contributed by atoms with Crippen LogP contribution in [0.4, 0.5) is 5.69 Å². The minimum atomic E-state index is -0.737. The third-order valence-electron chi connectivity index (χ3n) is 5.27. The van der Waals surface area contributed by atoms with Crippen molar-refractivity contribution in [1.82, 2.24) is 0 Å². The average molecular weight is 337 g/mol. The van der Waals surface area contributed by atoms with Crippen molar-refractivity contribution in [2.24, 2.45) is 0 Å². The highest BCUT2D eigenvalue weighted by atomic mass is 16.3. The standard InChI is InChI=1S/C22H27NO2/c1-3-6-21(24)18-9-11-19(12-10-18)23-15-13-22(25,14-16-23)20-8-5-4-7-17(20)2/h4-5,7-12,25H,3,6,13-16H2,1-2H3. The van der Waals surface area contributed by atoms with E-state index in [9.17, 15) is 9.90 Å². The Balaban J connectivity index is 1.68. The lowest BCUT2D eigenvalue weighted by atomic mass is 9.82. The largest absolute Gasteiger partial charge is 0.385 e. The molecule has 0 aliphatic carbocycles. The number of carbonyl (C=O) groups is 1. The van der Waals surface area contributed by atoms with Crippen molar-refractivity contribution in [2.45, 2.75) is 45.1 Å². The van der Waals surface area contributed by atoms with Gasteiger partial charge in [-0.05, 0) is 61.6 Å². The van der Waals surface area contributed by atoms with Gasteiger partial charge >= 0.3 is 0 Å². The molecule has 0 spiro atoms. The number of aryl methyl sites for hydroxylation is 1. The van der Waals surface area contributed by atoms with E-state index in [1.165, 1.54) is 0 Å². The zero-order chi connectivity index (χ0) is 17.9. The number of hydrogen-bond acceptors (Lipinski definition) is 3. The Bertz CT molecular complexity index is 728. The van der Waals surface area contributed by atoms with Gasteiger partial charge < -0.3 is 10.0 Å². The zero-order valence-corrected chi connectivity index (χ0v) is 15.2. The normalized spacial score (nSPS) is 16.7. The second-order valence-corrected chi connectivity index (χ2v) is 7.05. The van der Waals surface area contributed by atoms with Crippen molar-refractivity contribution >= 4 is 11.5 Å². The molecule has 2 aromatic rings. The maximum atomic E-state index is 12.0. The smallest absolute Gasteiger partial charge is 0.162 e. The van der Waals surface area contributed by atoms with Crippen LogP contribution in [0.5, 0.6) is 0 Å². The van der Waals surface area contributed by atoms with Crippen LogP contribution in [0, 0.1) is 6.92 Å². The van der Waals surface area contributed by atoms with Crippen LogP contribution in [-0.2, 0) is 5.60 Å². The number of piperidine rings is 1. The maximum Gasteiger partial charge on any atom is 0.162 e. The Morgan fingerprint density at radius 2 is 1.72 bits per heavy atom.